The lowest BCUT2D eigenvalue weighted by atomic mass is 10.00. The molecule has 5 rings (SSSR count). The Balaban J connectivity index is 0.00000304. The number of nitrogens with two attached hydrogens (primary N) is 1. The number of aromatic nitrogens is 2. The molecule has 10 heteroatoms. The number of nitrogens with zero attached hydrogens (tertiary/aromatic N) is 3. The molecule has 1 amide bonds. The van der Waals surface area contributed by atoms with Crippen molar-refractivity contribution < 1.29 is 19.7 Å². The monoisotopic (exact) mass is 515 g/mol. The van der Waals surface area contributed by atoms with Crippen LogP contribution in [0.15, 0.2) is 30.3 Å². The Morgan fingerprint density at radius 3 is 2.94 bits per heavy atom. The Kier molecular flexibility index (Phi) is 8.04. The minimum atomic E-state index is -0.201. The van der Waals surface area contributed by atoms with Crippen LogP contribution < -0.4 is 15.8 Å². The van der Waals surface area contributed by atoms with Crippen LogP contribution in [0.25, 0.3) is 11.0 Å². The quantitative estimate of drug-likeness (QED) is 0.466. The third kappa shape index (κ3) is 5.01. The molecule has 0 bridgehead atoms. The SMILES string of the molecule is CO[C@@H]1CN(CCCn2c(C)nc3ccccc32)CC[C@@H]1NC(=O)c1cc(Cl)c(N)c2c1OCC2.O. The molecule has 1 saturated heterocycles. The minimum Gasteiger partial charge on any atom is -0.492 e. The van der Waals surface area contributed by atoms with Gasteiger partial charge in [-0.25, -0.2) is 4.98 Å². The van der Waals surface area contributed by atoms with Crippen LogP contribution in [0.2, 0.25) is 5.02 Å². The molecule has 2 aliphatic heterocycles. The van der Waals surface area contributed by atoms with Gasteiger partial charge in [0.1, 0.15) is 11.6 Å². The zero-order valence-electron chi connectivity index (χ0n) is 20.7. The summed E-state index contributed by atoms with van der Waals surface area (Å²) in [4.78, 5) is 20.2. The largest absolute Gasteiger partial charge is 0.492 e. The Morgan fingerprint density at radius 2 is 2.14 bits per heavy atom. The molecule has 0 unspecified atom stereocenters. The number of hydrogen-bond acceptors (Lipinski definition) is 6. The molecular weight excluding hydrogens is 482 g/mol. The summed E-state index contributed by atoms with van der Waals surface area (Å²) in [6, 6.07) is 9.78. The molecule has 5 N–H and O–H groups in total. The molecule has 0 spiro atoms. The van der Waals surface area contributed by atoms with Gasteiger partial charge in [-0.05, 0) is 44.5 Å². The fourth-order valence-electron chi connectivity index (χ4n) is 5.30. The number of nitrogens with one attached hydrogen (secondary N) is 1. The number of imidazole rings is 1. The van der Waals surface area contributed by atoms with Crippen LogP contribution in [-0.2, 0) is 17.7 Å². The van der Waals surface area contributed by atoms with E-state index in [0.717, 1.165) is 55.9 Å². The van der Waals surface area contributed by atoms with Gasteiger partial charge < -0.3 is 35.5 Å². The van der Waals surface area contributed by atoms with Gasteiger partial charge in [-0.3, -0.25) is 4.79 Å². The second-order valence-electron chi connectivity index (χ2n) is 9.32. The first-order valence-electron chi connectivity index (χ1n) is 12.2. The summed E-state index contributed by atoms with van der Waals surface area (Å²) in [7, 11) is 1.70. The number of ether oxygens (including phenoxy) is 2. The number of carbonyl (C=O) groups excluding carboxylic acids is 1. The van der Waals surface area contributed by atoms with Crippen molar-refractivity contribution in [2.45, 2.75) is 44.9 Å². The maximum absolute atomic E-state index is 13.2. The zero-order valence-corrected chi connectivity index (χ0v) is 21.5. The van der Waals surface area contributed by atoms with Crippen molar-refractivity contribution in [3.05, 3.63) is 52.3 Å². The second kappa shape index (κ2) is 11.0. The molecule has 3 aromatic rings. The second-order valence-corrected chi connectivity index (χ2v) is 9.73. The van der Waals surface area contributed by atoms with E-state index in [1.54, 1.807) is 13.2 Å². The van der Waals surface area contributed by atoms with Crippen LogP contribution in [0.5, 0.6) is 5.75 Å². The van der Waals surface area contributed by atoms with Gasteiger partial charge in [0.2, 0.25) is 0 Å². The molecule has 2 atom stereocenters. The first-order chi connectivity index (χ1) is 17.0. The van der Waals surface area contributed by atoms with Crippen molar-refractivity contribution >= 4 is 34.2 Å². The van der Waals surface area contributed by atoms with E-state index in [1.165, 1.54) is 5.52 Å². The summed E-state index contributed by atoms with van der Waals surface area (Å²) in [6.07, 6.45) is 2.39. The van der Waals surface area contributed by atoms with Crippen molar-refractivity contribution in [2.24, 2.45) is 0 Å². The average molecular weight is 516 g/mol. The van der Waals surface area contributed by atoms with Gasteiger partial charge in [-0.1, -0.05) is 23.7 Å². The number of hydrogen-bond donors (Lipinski definition) is 2. The number of piperidine rings is 1. The number of halogens is 1. The molecule has 3 heterocycles. The number of anilines is 1. The Morgan fingerprint density at radius 1 is 1.33 bits per heavy atom. The molecule has 2 aromatic carbocycles. The number of carbonyl (C=O) groups is 1. The van der Waals surface area contributed by atoms with E-state index in [-0.39, 0.29) is 23.5 Å². The topological polar surface area (TPSA) is 126 Å². The maximum atomic E-state index is 13.2. The lowest BCUT2D eigenvalue weighted by Crippen LogP contribution is -2.55. The number of para-hydroxylation sites is 2. The highest BCUT2D eigenvalue weighted by molar-refractivity contribution is 6.33. The lowest BCUT2D eigenvalue weighted by Gasteiger charge is -2.38. The summed E-state index contributed by atoms with van der Waals surface area (Å²) in [5.74, 6) is 1.40. The molecule has 194 valence electrons. The van der Waals surface area contributed by atoms with Gasteiger partial charge in [0.25, 0.3) is 5.91 Å². The smallest absolute Gasteiger partial charge is 0.255 e. The highest BCUT2D eigenvalue weighted by Gasteiger charge is 2.32. The number of fused-ring (bicyclic) bond motifs is 2. The number of nitrogen functional groups attached to an aromatic ring is 1. The molecule has 1 fully saturated rings. The van der Waals surface area contributed by atoms with E-state index >= 15 is 0 Å². The number of amides is 1. The summed E-state index contributed by atoms with van der Waals surface area (Å²) in [5, 5.41) is 3.54. The van der Waals surface area contributed by atoms with Gasteiger partial charge in [0.15, 0.2) is 0 Å². The van der Waals surface area contributed by atoms with Crippen LogP contribution in [0, 0.1) is 6.92 Å². The van der Waals surface area contributed by atoms with Gasteiger partial charge >= 0.3 is 0 Å². The van der Waals surface area contributed by atoms with E-state index < -0.39 is 0 Å². The minimum absolute atomic E-state index is 0. The first kappa shape index (κ1) is 26.2. The third-order valence-corrected chi connectivity index (χ3v) is 7.49. The van der Waals surface area contributed by atoms with E-state index in [4.69, 9.17) is 26.8 Å². The summed E-state index contributed by atoms with van der Waals surface area (Å²) in [5.41, 5.74) is 10.1. The van der Waals surface area contributed by atoms with Crippen molar-refractivity contribution in [1.29, 1.82) is 0 Å². The van der Waals surface area contributed by atoms with Crippen LogP contribution in [0.4, 0.5) is 5.69 Å². The molecular formula is C26H34ClN5O4. The molecule has 0 aliphatic carbocycles. The summed E-state index contributed by atoms with van der Waals surface area (Å²) < 4.78 is 13.8. The van der Waals surface area contributed by atoms with E-state index in [0.29, 0.717) is 35.1 Å². The van der Waals surface area contributed by atoms with Crippen molar-refractivity contribution in [3.8, 4) is 5.75 Å². The predicted molar refractivity (Wildman–Crippen MR) is 141 cm³/mol. The van der Waals surface area contributed by atoms with Crippen molar-refractivity contribution in [1.82, 2.24) is 19.8 Å². The number of likely N-dealkylation sites (tertiary alicyclic amines) is 1. The van der Waals surface area contributed by atoms with Crippen LogP contribution in [0.1, 0.15) is 34.6 Å². The van der Waals surface area contributed by atoms with Crippen LogP contribution >= 0.6 is 11.6 Å². The van der Waals surface area contributed by atoms with E-state index in [2.05, 4.69) is 44.9 Å². The molecule has 0 radical (unpaired) electrons. The van der Waals surface area contributed by atoms with Gasteiger partial charge in [0, 0.05) is 38.7 Å². The molecule has 0 saturated carbocycles. The number of aryl methyl sites for hydroxylation is 2. The predicted octanol–water partition coefficient (Wildman–Crippen LogP) is 2.60. The van der Waals surface area contributed by atoms with Gasteiger partial charge in [-0.2, -0.15) is 0 Å². The summed E-state index contributed by atoms with van der Waals surface area (Å²) >= 11 is 6.29. The van der Waals surface area contributed by atoms with Crippen molar-refractivity contribution in [3.63, 3.8) is 0 Å². The van der Waals surface area contributed by atoms with Gasteiger partial charge in [-0.15, -0.1) is 0 Å². The van der Waals surface area contributed by atoms with Crippen molar-refractivity contribution in [2.75, 3.05) is 39.1 Å². The van der Waals surface area contributed by atoms with Gasteiger partial charge in [0.05, 0.1) is 46.1 Å². The Labute approximate surface area is 215 Å². The van der Waals surface area contributed by atoms with E-state index in [9.17, 15) is 4.79 Å². The summed E-state index contributed by atoms with van der Waals surface area (Å²) in [6.45, 7) is 6.11. The highest BCUT2D eigenvalue weighted by atomic mass is 35.5. The third-order valence-electron chi connectivity index (χ3n) is 7.18. The standard InChI is InChI=1S/C26H32ClN5O3.H2O/c1-16-29-20-6-3-4-7-22(20)32(16)11-5-10-31-12-8-21(23(15-31)34-2)30-26(33)18-14-19(27)24(28)17-9-13-35-25(17)18;/h3-4,6-7,14,21,23H,5,8-13,15,28H2,1-2H3,(H,30,33);1H2/t21-,23+;/m0./s1. The fourth-order valence-corrected chi connectivity index (χ4v) is 5.52. The average Bonchev–Trinajstić information content (AvgIpc) is 3.47. The number of rotatable bonds is 7. The molecule has 1 aromatic heterocycles. The van der Waals surface area contributed by atoms with Crippen LogP contribution in [0.3, 0.4) is 0 Å². The normalized spacial score (nSPS) is 19.5. The zero-order chi connectivity index (χ0) is 24.5. The Hall–Kier alpha value is -2.85. The lowest BCUT2D eigenvalue weighted by molar-refractivity contribution is 0.00586. The fraction of sp³-hybridized carbons (Fsp3) is 0.462. The molecule has 9 nitrogen and oxygen atoms in total. The first-order valence-corrected chi connectivity index (χ1v) is 12.6. The molecule has 2 aliphatic rings. The molecule has 36 heavy (non-hydrogen) atoms. The number of methoxy groups -OCH3 is 1. The highest BCUT2D eigenvalue weighted by Crippen LogP contribution is 2.38. The van der Waals surface area contributed by atoms with Crippen LogP contribution in [-0.4, -0.2) is 71.3 Å². The van der Waals surface area contributed by atoms with E-state index in [1.807, 2.05) is 6.07 Å². The Bertz CT molecular complexity index is 1250. The maximum Gasteiger partial charge on any atom is 0.255 e. The number of benzene rings is 2.